The van der Waals surface area contributed by atoms with Crippen molar-refractivity contribution >= 4 is 23.0 Å². The van der Waals surface area contributed by atoms with Gasteiger partial charge < -0.3 is 10.4 Å². The lowest BCUT2D eigenvalue weighted by molar-refractivity contribution is -0.121. The Morgan fingerprint density at radius 1 is 1.35 bits per heavy atom. The summed E-state index contributed by atoms with van der Waals surface area (Å²) in [6.45, 7) is 0.302. The molecule has 4 nitrogen and oxygen atoms in total. The van der Waals surface area contributed by atoms with Gasteiger partial charge in [-0.25, -0.2) is 0 Å². The summed E-state index contributed by atoms with van der Waals surface area (Å²) in [5.74, 6) is 0.168. The Kier molecular flexibility index (Phi) is 5.73. The van der Waals surface area contributed by atoms with Crippen molar-refractivity contribution in [1.29, 1.82) is 0 Å². The van der Waals surface area contributed by atoms with E-state index in [1.807, 2.05) is 11.4 Å². The van der Waals surface area contributed by atoms with Crippen LogP contribution in [0.15, 0.2) is 17.5 Å². The monoisotopic (exact) mass is 295 g/mol. The number of nitrogens with one attached hydrogen (secondary N) is 1. The molecule has 0 spiro atoms. The van der Waals surface area contributed by atoms with Crippen LogP contribution in [0.4, 0.5) is 0 Å². The van der Waals surface area contributed by atoms with E-state index in [9.17, 15) is 14.7 Å². The molecule has 2 rings (SSSR count). The van der Waals surface area contributed by atoms with E-state index in [1.165, 1.54) is 24.2 Å². The molecule has 1 aliphatic rings. The van der Waals surface area contributed by atoms with Crippen molar-refractivity contribution in [2.45, 2.75) is 44.6 Å². The van der Waals surface area contributed by atoms with Gasteiger partial charge in [0.1, 0.15) is 0 Å². The Labute approximate surface area is 123 Å². The number of ketones is 1. The number of carbonyl (C=O) groups is 2. The van der Waals surface area contributed by atoms with Gasteiger partial charge in [0.25, 0.3) is 0 Å². The molecular weight excluding hydrogens is 274 g/mol. The Morgan fingerprint density at radius 3 is 2.75 bits per heavy atom. The van der Waals surface area contributed by atoms with Gasteiger partial charge >= 0.3 is 0 Å². The Bertz CT molecular complexity index is 438. The molecule has 1 atom stereocenters. The minimum Gasteiger partial charge on any atom is -0.391 e. The third kappa shape index (κ3) is 4.42. The van der Waals surface area contributed by atoms with Crippen LogP contribution >= 0.6 is 11.3 Å². The van der Waals surface area contributed by atoms with Crippen LogP contribution in [-0.4, -0.2) is 29.4 Å². The first-order valence-corrected chi connectivity index (χ1v) is 8.06. The highest BCUT2D eigenvalue weighted by atomic mass is 32.1. The molecule has 0 aromatic carbocycles. The zero-order chi connectivity index (χ0) is 14.4. The number of thiophene rings is 1. The zero-order valence-electron chi connectivity index (χ0n) is 11.5. The number of hydrogen-bond acceptors (Lipinski definition) is 4. The van der Waals surface area contributed by atoms with E-state index in [2.05, 4.69) is 5.32 Å². The minimum atomic E-state index is -0.450. The van der Waals surface area contributed by atoms with Gasteiger partial charge in [0.15, 0.2) is 5.78 Å². The molecule has 0 saturated heterocycles. The third-order valence-corrected chi connectivity index (χ3v) is 4.74. The van der Waals surface area contributed by atoms with E-state index in [0.717, 1.165) is 12.8 Å². The van der Waals surface area contributed by atoms with E-state index >= 15 is 0 Å². The highest BCUT2D eigenvalue weighted by Gasteiger charge is 2.23. The molecule has 1 saturated carbocycles. The van der Waals surface area contributed by atoms with Gasteiger partial charge in [-0.2, -0.15) is 0 Å². The fraction of sp³-hybridized carbons (Fsp3) is 0.600. The first kappa shape index (κ1) is 15.2. The van der Waals surface area contributed by atoms with Crippen LogP contribution in [0.5, 0.6) is 0 Å². The molecule has 0 radical (unpaired) electrons. The number of hydrogen-bond donors (Lipinski definition) is 2. The maximum Gasteiger partial charge on any atom is 0.220 e. The Balaban J connectivity index is 1.64. The van der Waals surface area contributed by atoms with Gasteiger partial charge in [0, 0.05) is 19.4 Å². The lowest BCUT2D eigenvalue weighted by atomic mass is 10.0. The maximum atomic E-state index is 11.7. The van der Waals surface area contributed by atoms with Crippen LogP contribution in [0.25, 0.3) is 0 Å². The normalized spacial score (nSPS) is 17.1. The van der Waals surface area contributed by atoms with Gasteiger partial charge in [0.05, 0.1) is 11.0 Å². The number of Topliss-reactive ketones (excluding diaryl/α,β-unsaturated/α-hetero) is 1. The van der Waals surface area contributed by atoms with Crippen molar-refractivity contribution in [3.8, 4) is 0 Å². The van der Waals surface area contributed by atoms with Crippen LogP contribution in [0.1, 0.15) is 48.2 Å². The summed E-state index contributed by atoms with van der Waals surface area (Å²) < 4.78 is 0. The topological polar surface area (TPSA) is 66.4 Å². The molecule has 1 amide bonds. The maximum absolute atomic E-state index is 11.7. The smallest absolute Gasteiger partial charge is 0.220 e. The summed E-state index contributed by atoms with van der Waals surface area (Å²) in [5.41, 5.74) is 0. The number of amides is 1. The predicted octanol–water partition coefficient (Wildman–Crippen LogP) is 2.38. The van der Waals surface area contributed by atoms with E-state index in [1.54, 1.807) is 6.07 Å². The summed E-state index contributed by atoms with van der Waals surface area (Å²) in [6, 6.07) is 3.60. The lowest BCUT2D eigenvalue weighted by Gasteiger charge is -2.17. The molecule has 1 aromatic rings. The largest absolute Gasteiger partial charge is 0.391 e. The van der Waals surface area contributed by atoms with Crippen molar-refractivity contribution in [2.75, 3.05) is 6.54 Å². The third-order valence-electron chi connectivity index (χ3n) is 3.83. The second-order valence-electron chi connectivity index (χ2n) is 5.32. The van der Waals surface area contributed by atoms with E-state index in [0.29, 0.717) is 17.3 Å². The van der Waals surface area contributed by atoms with E-state index in [-0.39, 0.29) is 24.5 Å². The van der Waals surface area contributed by atoms with Crippen LogP contribution in [0.3, 0.4) is 0 Å². The number of rotatable bonds is 7. The molecule has 0 bridgehead atoms. The lowest BCUT2D eigenvalue weighted by Crippen LogP contribution is -2.35. The highest BCUT2D eigenvalue weighted by molar-refractivity contribution is 7.12. The van der Waals surface area contributed by atoms with Crippen molar-refractivity contribution in [3.05, 3.63) is 22.4 Å². The van der Waals surface area contributed by atoms with Crippen LogP contribution in [0, 0.1) is 5.92 Å². The number of aliphatic hydroxyl groups excluding tert-OH is 1. The second kappa shape index (κ2) is 7.55. The quantitative estimate of drug-likeness (QED) is 0.759. The second-order valence-corrected chi connectivity index (χ2v) is 6.26. The average molecular weight is 295 g/mol. The Hall–Kier alpha value is -1.20. The first-order chi connectivity index (χ1) is 9.66. The van der Waals surface area contributed by atoms with Crippen molar-refractivity contribution in [2.24, 2.45) is 5.92 Å². The van der Waals surface area contributed by atoms with Gasteiger partial charge in [-0.3, -0.25) is 9.59 Å². The number of aliphatic hydroxyl groups is 1. The SMILES string of the molecule is O=C(CCC(=O)c1cccs1)NCC(O)C1CCCC1. The molecular formula is C15H21NO3S. The molecule has 1 fully saturated rings. The van der Waals surface area contributed by atoms with Gasteiger partial charge in [-0.1, -0.05) is 18.9 Å². The Morgan fingerprint density at radius 2 is 2.10 bits per heavy atom. The molecule has 1 aromatic heterocycles. The van der Waals surface area contributed by atoms with Crippen molar-refractivity contribution < 1.29 is 14.7 Å². The molecule has 1 unspecified atom stereocenters. The minimum absolute atomic E-state index is 0.00601. The van der Waals surface area contributed by atoms with Gasteiger partial charge in [-0.15, -0.1) is 11.3 Å². The van der Waals surface area contributed by atoms with E-state index < -0.39 is 6.10 Å². The molecule has 5 heteroatoms. The molecule has 20 heavy (non-hydrogen) atoms. The van der Waals surface area contributed by atoms with Crippen LogP contribution in [0.2, 0.25) is 0 Å². The number of carbonyl (C=O) groups excluding carboxylic acids is 2. The van der Waals surface area contributed by atoms with Gasteiger partial charge in [0.2, 0.25) is 5.91 Å². The fourth-order valence-corrected chi connectivity index (χ4v) is 3.30. The average Bonchev–Trinajstić information content (AvgIpc) is 3.14. The molecule has 0 aliphatic heterocycles. The predicted molar refractivity (Wildman–Crippen MR) is 78.9 cm³/mol. The van der Waals surface area contributed by atoms with Gasteiger partial charge in [-0.05, 0) is 30.2 Å². The highest BCUT2D eigenvalue weighted by Crippen LogP contribution is 2.27. The molecule has 1 aliphatic carbocycles. The molecule has 2 N–H and O–H groups in total. The standard InChI is InChI=1S/C15H21NO3S/c17-12(14-6-3-9-20-14)7-8-15(19)16-10-13(18)11-4-1-2-5-11/h3,6,9,11,13,18H,1-2,4-5,7-8,10H2,(H,16,19). The van der Waals surface area contributed by atoms with E-state index in [4.69, 9.17) is 0 Å². The van der Waals surface area contributed by atoms with Crippen molar-refractivity contribution in [1.82, 2.24) is 5.32 Å². The molecule has 1 heterocycles. The van der Waals surface area contributed by atoms with Crippen LogP contribution in [-0.2, 0) is 4.79 Å². The summed E-state index contributed by atoms with van der Waals surface area (Å²) in [4.78, 5) is 24.1. The fourth-order valence-electron chi connectivity index (χ4n) is 2.60. The summed E-state index contributed by atoms with van der Waals surface area (Å²) in [7, 11) is 0. The van der Waals surface area contributed by atoms with Crippen LogP contribution < -0.4 is 5.32 Å². The van der Waals surface area contributed by atoms with Crippen molar-refractivity contribution in [3.63, 3.8) is 0 Å². The summed E-state index contributed by atoms with van der Waals surface area (Å²) in [5, 5.41) is 14.5. The summed E-state index contributed by atoms with van der Waals surface area (Å²) >= 11 is 1.40. The molecule has 110 valence electrons. The first-order valence-electron chi connectivity index (χ1n) is 7.18. The summed E-state index contributed by atoms with van der Waals surface area (Å²) in [6.07, 6.45) is 4.41. The zero-order valence-corrected chi connectivity index (χ0v) is 12.3.